The van der Waals surface area contributed by atoms with E-state index in [-0.39, 0.29) is 5.91 Å². The summed E-state index contributed by atoms with van der Waals surface area (Å²) in [6, 6.07) is 4.24. The molecule has 1 unspecified atom stereocenters. The maximum absolute atomic E-state index is 12.1. The highest BCUT2D eigenvalue weighted by Gasteiger charge is 2.16. The minimum atomic E-state index is 0.175. The predicted octanol–water partition coefficient (Wildman–Crippen LogP) is 1.97. The first kappa shape index (κ1) is 13.0. The van der Waals surface area contributed by atoms with Gasteiger partial charge in [0.15, 0.2) is 0 Å². The number of amides is 1. The Bertz CT molecular complexity index is 374. The Kier molecular flexibility index (Phi) is 4.70. The zero-order chi connectivity index (χ0) is 12.8. The highest BCUT2D eigenvalue weighted by atomic mass is 16.2. The summed E-state index contributed by atoms with van der Waals surface area (Å²) in [4.78, 5) is 17.7. The van der Waals surface area contributed by atoms with Crippen molar-refractivity contribution < 1.29 is 4.79 Å². The molecule has 2 heterocycles. The predicted molar refractivity (Wildman–Crippen MR) is 72.5 cm³/mol. The molecular formula is C14H21N3O. The van der Waals surface area contributed by atoms with E-state index in [1.54, 1.807) is 17.3 Å². The van der Waals surface area contributed by atoms with Gasteiger partial charge in [0.2, 0.25) is 5.91 Å². The molecule has 0 aromatic carbocycles. The number of pyridine rings is 1. The molecule has 1 saturated heterocycles. The standard InChI is InChI=1S/C14H21N3O/c1-17(13-7-10-15-11-8-13)14(18)6-5-12-4-2-3-9-16-12/h7-8,10-12,16H,2-6,9H2,1H3. The van der Waals surface area contributed by atoms with Crippen LogP contribution < -0.4 is 10.2 Å². The van der Waals surface area contributed by atoms with Gasteiger partial charge in [0, 0.05) is 37.6 Å². The van der Waals surface area contributed by atoms with Crippen LogP contribution >= 0.6 is 0 Å². The molecule has 1 aromatic heterocycles. The topological polar surface area (TPSA) is 45.2 Å². The van der Waals surface area contributed by atoms with E-state index >= 15 is 0 Å². The zero-order valence-electron chi connectivity index (χ0n) is 10.9. The van der Waals surface area contributed by atoms with Crippen molar-refractivity contribution in [2.24, 2.45) is 0 Å². The van der Waals surface area contributed by atoms with Crippen LogP contribution in [-0.4, -0.2) is 30.5 Å². The lowest BCUT2D eigenvalue weighted by Crippen LogP contribution is -2.35. The summed E-state index contributed by atoms with van der Waals surface area (Å²) < 4.78 is 0. The van der Waals surface area contributed by atoms with Crippen LogP contribution in [0.1, 0.15) is 32.1 Å². The van der Waals surface area contributed by atoms with Crippen molar-refractivity contribution in [1.29, 1.82) is 0 Å². The Hall–Kier alpha value is -1.42. The van der Waals surface area contributed by atoms with Crippen LogP contribution in [0.15, 0.2) is 24.5 Å². The Morgan fingerprint density at radius 1 is 1.44 bits per heavy atom. The molecule has 1 aromatic rings. The second-order valence-electron chi connectivity index (χ2n) is 4.84. The SMILES string of the molecule is CN(C(=O)CCC1CCCCN1)c1ccncc1. The molecule has 0 aliphatic carbocycles. The number of piperidine rings is 1. The molecule has 0 spiro atoms. The van der Waals surface area contributed by atoms with Crippen LogP contribution in [0.3, 0.4) is 0 Å². The summed E-state index contributed by atoms with van der Waals surface area (Å²) in [7, 11) is 1.83. The second-order valence-corrected chi connectivity index (χ2v) is 4.84. The van der Waals surface area contributed by atoms with Crippen molar-refractivity contribution in [1.82, 2.24) is 10.3 Å². The molecular weight excluding hydrogens is 226 g/mol. The van der Waals surface area contributed by atoms with Crippen LogP contribution in [0.5, 0.6) is 0 Å². The van der Waals surface area contributed by atoms with Crippen molar-refractivity contribution in [3.05, 3.63) is 24.5 Å². The Morgan fingerprint density at radius 3 is 2.89 bits per heavy atom. The van der Waals surface area contributed by atoms with Gasteiger partial charge >= 0.3 is 0 Å². The molecule has 1 fully saturated rings. The normalized spacial score (nSPS) is 19.5. The van der Waals surface area contributed by atoms with Crippen molar-refractivity contribution in [2.45, 2.75) is 38.1 Å². The first-order valence-electron chi connectivity index (χ1n) is 6.67. The molecule has 1 amide bonds. The maximum Gasteiger partial charge on any atom is 0.226 e. The minimum Gasteiger partial charge on any atom is -0.315 e. The smallest absolute Gasteiger partial charge is 0.226 e. The van der Waals surface area contributed by atoms with E-state index in [1.165, 1.54) is 19.3 Å². The summed E-state index contributed by atoms with van der Waals surface area (Å²) >= 11 is 0. The number of carbonyl (C=O) groups excluding carboxylic acids is 1. The Balaban J connectivity index is 1.80. The van der Waals surface area contributed by atoms with Gasteiger partial charge in [-0.2, -0.15) is 0 Å². The largest absolute Gasteiger partial charge is 0.315 e. The van der Waals surface area contributed by atoms with Crippen molar-refractivity contribution in [2.75, 3.05) is 18.5 Å². The summed E-state index contributed by atoms with van der Waals surface area (Å²) in [6.45, 7) is 1.10. The van der Waals surface area contributed by atoms with E-state index in [0.29, 0.717) is 12.5 Å². The fourth-order valence-electron chi connectivity index (χ4n) is 2.35. The second kappa shape index (κ2) is 6.50. The number of aromatic nitrogens is 1. The number of rotatable bonds is 4. The minimum absolute atomic E-state index is 0.175. The van der Waals surface area contributed by atoms with Gasteiger partial charge in [-0.25, -0.2) is 0 Å². The van der Waals surface area contributed by atoms with E-state index in [1.807, 2.05) is 19.2 Å². The number of nitrogens with zero attached hydrogens (tertiary/aromatic N) is 2. The van der Waals surface area contributed by atoms with Crippen LogP contribution in [0.25, 0.3) is 0 Å². The fraction of sp³-hybridized carbons (Fsp3) is 0.571. The molecule has 98 valence electrons. The molecule has 4 heteroatoms. The van der Waals surface area contributed by atoms with Gasteiger partial charge in [-0.3, -0.25) is 9.78 Å². The summed E-state index contributed by atoms with van der Waals surface area (Å²) in [5.41, 5.74) is 0.909. The van der Waals surface area contributed by atoms with Gasteiger partial charge in [-0.15, -0.1) is 0 Å². The average Bonchev–Trinajstić information content (AvgIpc) is 2.46. The van der Waals surface area contributed by atoms with Crippen LogP contribution in [0, 0.1) is 0 Å². The average molecular weight is 247 g/mol. The number of hydrogen-bond donors (Lipinski definition) is 1. The first-order valence-corrected chi connectivity index (χ1v) is 6.67. The van der Waals surface area contributed by atoms with Crippen LogP contribution in [-0.2, 0) is 4.79 Å². The molecule has 18 heavy (non-hydrogen) atoms. The van der Waals surface area contributed by atoms with E-state index in [2.05, 4.69) is 10.3 Å². The van der Waals surface area contributed by atoms with Crippen molar-refractivity contribution >= 4 is 11.6 Å². The third-order valence-corrected chi connectivity index (χ3v) is 3.54. The van der Waals surface area contributed by atoms with E-state index in [9.17, 15) is 4.79 Å². The number of hydrogen-bond acceptors (Lipinski definition) is 3. The van der Waals surface area contributed by atoms with Gasteiger partial charge < -0.3 is 10.2 Å². The van der Waals surface area contributed by atoms with E-state index in [4.69, 9.17) is 0 Å². The summed E-state index contributed by atoms with van der Waals surface area (Å²) in [5, 5.41) is 3.47. The van der Waals surface area contributed by atoms with Crippen LogP contribution in [0.4, 0.5) is 5.69 Å². The lowest BCUT2D eigenvalue weighted by molar-refractivity contribution is -0.118. The monoisotopic (exact) mass is 247 g/mol. The first-order chi connectivity index (χ1) is 8.77. The van der Waals surface area contributed by atoms with Gasteiger partial charge in [0.1, 0.15) is 0 Å². The number of anilines is 1. The molecule has 4 nitrogen and oxygen atoms in total. The lowest BCUT2D eigenvalue weighted by Gasteiger charge is -2.24. The Morgan fingerprint density at radius 2 is 2.22 bits per heavy atom. The highest BCUT2D eigenvalue weighted by molar-refractivity contribution is 5.92. The molecule has 0 bridgehead atoms. The molecule has 0 saturated carbocycles. The highest BCUT2D eigenvalue weighted by Crippen LogP contribution is 2.15. The van der Waals surface area contributed by atoms with Crippen LogP contribution in [0.2, 0.25) is 0 Å². The fourth-order valence-corrected chi connectivity index (χ4v) is 2.35. The Labute approximate surface area is 108 Å². The number of carbonyl (C=O) groups is 1. The van der Waals surface area contributed by atoms with Gasteiger partial charge in [-0.05, 0) is 37.9 Å². The third-order valence-electron chi connectivity index (χ3n) is 3.54. The number of nitrogens with one attached hydrogen (secondary N) is 1. The quantitative estimate of drug-likeness (QED) is 0.884. The third kappa shape index (κ3) is 3.53. The van der Waals surface area contributed by atoms with Gasteiger partial charge in [-0.1, -0.05) is 6.42 Å². The summed E-state index contributed by atoms with van der Waals surface area (Å²) in [5.74, 6) is 0.175. The van der Waals surface area contributed by atoms with E-state index < -0.39 is 0 Å². The lowest BCUT2D eigenvalue weighted by atomic mass is 10.0. The van der Waals surface area contributed by atoms with Gasteiger partial charge in [0.25, 0.3) is 0 Å². The van der Waals surface area contributed by atoms with Crippen molar-refractivity contribution in [3.63, 3.8) is 0 Å². The molecule has 2 rings (SSSR count). The molecule has 1 N–H and O–H groups in total. The van der Waals surface area contributed by atoms with E-state index in [0.717, 1.165) is 18.7 Å². The molecule has 1 aliphatic heterocycles. The molecule has 1 aliphatic rings. The van der Waals surface area contributed by atoms with Gasteiger partial charge in [0.05, 0.1) is 0 Å². The molecule has 0 radical (unpaired) electrons. The maximum atomic E-state index is 12.1. The zero-order valence-corrected chi connectivity index (χ0v) is 10.9. The summed E-state index contributed by atoms with van der Waals surface area (Å²) in [6.07, 6.45) is 8.72. The van der Waals surface area contributed by atoms with Crippen molar-refractivity contribution in [3.8, 4) is 0 Å². The molecule has 1 atom stereocenters.